The summed E-state index contributed by atoms with van der Waals surface area (Å²) in [6.45, 7) is 10.6. The Morgan fingerprint density at radius 3 is 1.19 bits per heavy atom. The Kier molecular flexibility index (Phi) is 31.3. The largest absolute Gasteiger partial charge is 1.00 e. The van der Waals surface area contributed by atoms with Crippen molar-refractivity contribution < 1.29 is 213 Å². The molecule has 9 atom stereocenters. The van der Waals surface area contributed by atoms with Gasteiger partial charge in [-0.15, -0.1) is 25.6 Å². The number of rotatable bonds is 10. The molecule has 6 aliphatic rings. The number of nitrogens with zero attached hydrogens (tertiary/aromatic N) is 16. The van der Waals surface area contributed by atoms with Gasteiger partial charge in [-0.1, -0.05) is 27.7 Å². The van der Waals surface area contributed by atoms with Crippen LogP contribution >= 0.6 is 0 Å². The van der Waals surface area contributed by atoms with Crippen molar-refractivity contribution in [3.05, 3.63) is 0 Å². The van der Waals surface area contributed by atoms with Crippen molar-refractivity contribution in [2.75, 3.05) is 21.3 Å². The van der Waals surface area contributed by atoms with Crippen molar-refractivity contribution in [2.45, 2.75) is 108 Å². The van der Waals surface area contributed by atoms with E-state index in [1.165, 1.54) is 21.1 Å². The van der Waals surface area contributed by atoms with Crippen LogP contribution in [-0.4, -0.2) is 102 Å². The fourth-order valence-corrected chi connectivity index (χ4v) is 8.25. The fourth-order valence-electron chi connectivity index (χ4n) is 8.25. The van der Waals surface area contributed by atoms with Gasteiger partial charge in [-0.05, 0) is 39.5 Å². The molecule has 6 heterocycles. The van der Waals surface area contributed by atoms with Crippen LogP contribution in [0.15, 0.2) is 81.9 Å². The van der Waals surface area contributed by atoms with Crippen molar-refractivity contribution in [2.24, 2.45) is 106 Å². The quantitative estimate of drug-likeness (QED) is 0.0793. The molecule has 0 aromatic carbocycles. The fraction of sp³-hybridized carbons (Fsp3) is 0.727. The maximum absolute atomic E-state index is 10.2. The Morgan fingerprint density at radius 1 is 0.443 bits per heavy atom. The van der Waals surface area contributed by atoms with E-state index in [2.05, 4.69) is 107 Å². The predicted molar refractivity (Wildman–Crippen MR) is 208 cm³/mol. The smallest absolute Gasteiger partial charge is 0.636 e. The zero-order valence-corrected chi connectivity index (χ0v) is 51.5. The van der Waals surface area contributed by atoms with Crippen molar-refractivity contribution in [1.82, 2.24) is 0 Å². The molecule has 32 nitrogen and oxygen atoms in total. The van der Waals surface area contributed by atoms with Crippen LogP contribution in [0, 0.1) is 39.9 Å². The Morgan fingerprint density at radius 2 is 0.771 bits per heavy atom. The van der Waals surface area contributed by atoms with Crippen LogP contribution in [0.1, 0.15) is 80.1 Å². The monoisotopic (exact) mass is 1030 g/mol. The second kappa shape index (κ2) is 31.2. The Hall–Kier alpha value is -1.77. The van der Waals surface area contributed by atoms with Gasteiger partial charge in [-0.3, -0.25) is 16.2 Å². The predicted octanol–water partition coefficient (Wildman–Crippen LogP) is -14.8. The van der Waals surface area contributed by atoms with E-state index in [1.807, 2.05) is 20.8 Å². The molecule has 0 spiro atoms. The Balaban J connectivity index is 0. The van der Waals surface area contributed by atoms with Gasteiger partial charge >= 0.3 is 148 Å². The van der Waals surface area contributed by atoms with E-state index < -0.39 is 27.7 Å². The average molecular weight is 1030 g/mol. The van der Waals surface area contributed by atoms with E-state index in [0.29, 0.717) is 43.3 Å². The summed E-state index contributed by atoms with van der Waals surface area (Å²) in [6, 6.07) is 0. The molecule has 0 fully saturated rings. The zero-order chi connectivity index (χ0) is 48.2. The number of hydrogen-bond donors (Lipinski definition) is 3. The van der Waals surface area contributed by atoms with Gasteiger partial charge in [0.25, 0.3) is 0 Å². The molecule has 0 bridgehead atoms. The van der Waals surface area contributed by atoms with Crippen molar-refractivity contribution in [1.29, 1.82) is 16.2 Å². The normalized spacial score (nSPS) is 31.8. The first-order valence-electron chi connectivity index (χ1n) is 19.3. The number of nitrogens with one attached hydrogen (secondary N) is 3. The van der Waals surface area contributed by atoms with Crippen LogP contribution in [-0.2, 0) is 39.2 Å². The molecule has 0 amide bonds. The summed E-state index contributed by atoms with van der Waals surface area (Å²) in [6.07, 6.45) is 1.92. The molecule has 0 aromatic heterocycles. The standard InChI is InChI=1S/2C11H17N7O5.C11H17N5O3.5Na/c1-6-4-11(16-18-23-20)5-10(2,15-17-22-19)9(21-3)14-8(11)13-7(6)12;1-6-4-11(16-18-23-20)5-10(2,15-17-22-19)8(12)14-9(11)13-7(6)21-3;1-6-4-11(15-16-19-17)5-7(2)9(18-3)14-10(11)13-8(6)12;;;;;/h2*6,12,19-20H,4-5H2,1-3H3;6-7,12,17H,4-5H2,1-3H3;;;;;/q;;;5*+1/p-5. The van der Waals surface area contributed by atoms with Gasteiger partial charge in [0, 0.05) is 62.9 Å². The maximum Gasteiger partial charge on any atom is 1.00 e. The van der Waals surface area contributed by atoms with Crippen LogP contribution in [0.3, 0.4) is 0 Å². The van der Waals surface area contributed by atoms with E-state index in [1.54, 1.807) is 21.0 Å². The van der Waals surface area contributed by atoms with E-state index in [0.717, 1.165) is 0 Å². The first-order valence-corrected chi connectivity index (χ1v) is 19.3. The summed E-state index contributed by atoms with van der Waals surface area (Å²) in [5.74, 6) is 1.55. The topological polar surface area (TPSA) is 458 Å². The number of ether oxygens (including phenoxy) is 3. The third kappa shape index (κ3) is 16.4. The third-order valence-electron chi connectivity index (χ3n) is 11.2. The van der Waals surface area contributed by atoms with E-state index >= 15 is 0 Å². The van der Waals surface area contributed by atoms with Crippen LogP contribution in [0.4, 0.5) is 0 Å². The number of amidine groups is 6. The van der Waals surface area contributed by atoms with Crippen LogP contribution in [0.5, 0.6) is 0 Å². The van der Waals surface area contributed by atoms with E-state index in [-0.39, 0.29) is 219 Å². The number of aliphatic imine (C=N–C) groups is 6. The van der Waals surface area contributed by atoms with Gasteiger partial charge in [-0.2, -0.15) is 15.0 Å². The molecule has 0 aliphatic carbocycles. The van der Waals surface area contributed by atoms with Gasteiger partial charge in [0.15, 0.2) is 40.7 Å². The van der Waals surface area contributed by atoms with Gasteiger partial charge in [-0.25, -0.2) is 15.0 Å². The summed E-state index contributed by atoms with van der Waals surface area (Å²) in [5.41, 5.74) is -5.55. The maximum atomic E-state index is 10.2. The molecule has 0 saturated heterocycles. The van der Waals surface area contributed by atoms with Crippen LogP contribution in [0.2, 0.25) is 0 Å². The molecular formula is C33H46N19Na5O13. The molecule has 70 heavy (non-hydrogen) atoms. The first-order chi connectivity index (χ1) is 30.8. The SMILES string of the molecule is COC1=NC2=NC(=N)C(C)(N=NO[O-])CC2(N=NO[O-])CC1C.COC1=NC2=NC(=N)C(C)CC2(N=NO[O-])CC1(C)N=NO[O-].COC1=NC2=NC(=N)C(C)CC2(N=NO[O-])CC1C.[Na+].[Na+].[Na+].[Na+].[Na+]. The van der Waals surface area contributed by atoms with Gasteiger partial charge < -0.3 is 65.4 Å². The molecule has 3 N–H and O–H groups in total. The minimum atomic E-state index is -1.28. The Labute approximate surface area is 510 Å². The van der Waals surface area contributed by atoms with Crippen molar-refractivity contribution in [3.63, 3.8) is 0 Å². The second-order valence-electron chi connectivity index (χ2n) is 16.1. The van der Waals surface area contributed by atoms with Crippen LogP contribution in [0.25, 0.3) is 0 Å². The van der Waals surface area contributed by atoms with Gasteiger partial charge in [0.1, 0.15) is 33.8 Å². The Bertz CT molecular complexity index is 2160. The molecule has 0 aromatic rings. The number of methoxy groups -OCH3 is 3. The summed E-state index contributed by atoms with van der Waals surface area (Å²) in [7, 11) is 4.39. The first kappa shape index (κ1) is 70.3. The van der Waals surface area contributed by atoms with Crippen molar-refractivity contribution >= 4 is 52.7 Å². The molecule has 9 unspecified atom stereocenters. The molecule has 356 valence electrons. The molecule has 37 heteroatoms. The van der Waals surface area contributed by atoms with Crippen molar-refractivity contribution in [3.8, 4) is 0 Å². The number of fused-ring (bicyclic) bond motifs is 3. The summed E-state index contributed by atoms with van der Waals surface area (Å²) in [5, 5.41) is 109. The minimum Gasteiger partial charge on any atom is -0.636 e. The van der Waals surface area contributed by atoms with Gasteiger partial charge in [0.2, 0.25) is 5.90 Å². The number of hydrogen-bond acceptors (Lipinski definition) is 29. The second-order valence-corrected chi connectivity index (χ2v) is 16.1. The molecule has 0 radical (unpaired) electrons. The van der Waals surface area contributed by atoms with E-state index in [4.69, 9.17) is 30.4 Å². The molecular weight excluding hydrogens is 985 g/mol. The average Bonchev–Trinajstić information content (AvgIpc) is 3.27. The summed E-state index contributed by atoms with van der Waals surface area (Å²) in [4.78, 5) is 42.2. The molecule has 6 rings (SSSR count). The minimum absolute atomic E-state index is 0. The van der Waals surface area contributed by atoms with Crippen LogP contribution < -0.4 is 174 Å². The molecule has 6 aliphatic heterocycles. The zero-order valence-electron chi connectivity index (χ0n) is 41.5. The van der Waals surface area contributed by atoms with Gasteiger partial charge in [0.05, 0.1) is 21.3 Å². The third-order valence-corrected chi connectivity index (χ3v) is 11.2. The van der Waals surface area contributed by atoms with E-state index in [9.17, 15) is 26.3 Å². The summed E-state index contributed by atoms with van der Waals surface area (Å²) < 4.78 is 15.6. The molecule has 0 saturated carbocycles. The summed E-state index contributed by atoms with van der Waals surface area (Å²) >= 11 is 0.